The third-order valence-electron chi connectivity index (χ3n) is 5.90. The first kappa shape index (κ1) is 18.9. The molecule has 1 aromatic heterocycles. The van der Waals surface area contributed by atoms with E-state index in [1.165, 1.54) is 16.5 Å². The van der Waals surface area contributed by atoms with Gasteiger partial charge in [-0.3, -0.25) is 9.78 Å². The van der Waals surface area contributed by atoms with E-state index in [2.05, 4.69) is 41.5 Å². The van der Waals surface area contributed by atoms with Crippen LogP contribution < -0.4 is 5.32 Å². The van der Waals surface area contributed by atoms with Gasteiger partial charge in [0.25, 0.3) is 0 Å². The van der Waals surface area contributed by atoms with E-state index in [0.29, 0.717) is 23.3 Å². The average Bonchev–Trinajstić information content (AvgIpc) is 2.70. The number of hydrogen-bond acceptors (Lipinski definition) is 2. The number of hydrogen-bond donors (Lipinski definition) is 1. The van der Waals surface area contributed by atoms with Crippen molar-refractivity contribution in [2.24, 2.45) is 5.92 Å². The fourth-order valence-corrected chi connectivity index (χ4v) is 4.51. The number of carbonyl (C=O) groups excluding carboxylic acids is 1. The largest absolute Gasteiger partial charge is 0.326 e. The van der Waals surface area contributed by atoms with Crippen molar-refractivity contribution in [1.82, 2.24) is 4.98 Å². The van der Waals surface area contributed by atoms with Crippen molar-refractivity contribution in [3.05, 3.63) is 70.9 Å². The second-order valence-corrected chi connectivity index (χ2v) is 8.28. The van der Waals surface area contributed by atoms with Crippen LogP contribution >= 0.6 is 11.6 Å². The maximum absolute atomic E-state index is 12.4. The third kappa shape index (κ3) is 4.20. The minimum atomic E-state index is 0.0933. The minimum Gasteiger partial charge on any atom is -0.326 e. The van der Waals surface area contributed by atoms with Gasteiger partial charge >= 0.3 is 0 Å². The molecule has 4 rings (SSSR count). The van der Waals surface area contributed by atoms with Crippen LogP contribution in [0.1, 0.15) is 49.1 Å². The molecule has 1 saturated carbocycles. The molecule has 1 fully saturated rings. The Morgan fingerprint density at radius 2 is 1.82 bits per heavy atom. The van der Waals surface area contributed by atoms with E-state index in [9.17, 15) is 4.79 Å². The maximum Gasteiger partial charge on any atom is 0.224 e. The first-order valence-corrected chi connectivity index (χ1v) is 10.4. The van der Waals surface area contributed by atoms with Gasteiger partial charge in [-0.05, 0) is 85.9 Å². The third-order valence-corrected chi connectivity index (χ3v) is 6.15. The van der Waals surface area contributed by atoms with Crippen LogP contribution in [0, 0.1) is 12.8 Å². The van der Waals surface area contributed by atoms with Crippen LogP contribution in [-0.2, 0) is 4.79 Å². The number of benzene rings is 2. The molecule has 0 saturated heterocycles. The van der Waals surface area contributed by atoms with Crippen LogP contribution in [0.4, 0.5) is 5.69 Å². The number of para-hydroxylation sites is 1. The number of carbonyl (C=O) groups is 1. The first-order valence-electron chi connectivity index (χ1n) is 10.00. The molecule has 1 amide bonds. The lowest BCUT2D eigenvalue weighted by molar-refractivity contribution is -0.117. The molecule has 0 bridgehead atoms. The topological polar surface area (TPSA) is 42.0 Å². The Morgan fingerprint density at radius 3 is 2.57 bits per heavy atom. The van der Waals surface area contributed by atoms with Crippen LogP contribution in [0.2, 0.25) is 5.02 Å². The van der Waals surface area contributed by atoms with Crippen molar-refractivity contribution in [3.63, 3.8) is 0 Å². The number of fused-ring (bicyclic) bond motifs is 1. The zero-order chi connectivity index (χ0) is 19.5. The highest BCUT2D eigenvalue weighted by atomic mass is 35.5. The normalized spacial score (nSPS) is 19.5. The van der Waals surface area contributed by atoms with Crippen molar-refractivity contribution in [1.29, 1.82) is 0 Å². The summed E-state index contributed by atoms with van der Waals surface area (Å²) in [6, 6.07) is 15.9. The average molecular weight is 393 g/mol. The summed E-state index contributed by atoms with van der Waals surface area (Å²) < 4.78 is 0. The molecule has 28 heavy (non-hydrogen) atoms. The highest BCUT2D eigenvalue weighted by Crippen LogP contribution is 2.39. The Morgan fingerprint density at radius 1 is 1.07 bits per heavy atom. The van der Waals surface area contributed by atoms with E-state index in [4.69, 9.17) is 11.6 Å². The van der Waals surface area contributed by atoms with Crippen molar-refractivity contribution in [2.75, 3.05) is 5.32 Å². The SMILES string of the molecule is Cc1cccc2c1nccc2[C@H]1CC[C@@H](CC(=O)Nc2ccc(Cl)cc2)CC1. The van der Waals surface area contributed by atoms with Crippen LogP contribution in [-0.4, -0.2) is 10.9 Å². The van der Waals surface area contributed by atoms with E-state index in [-0.39, 0.29) is 5.91 Å². The van der Waals surface area contributed by atoms with Crippen molar-refractivity contribution in [3.8, 4) is 0 Å². The molecule has 3 aromatic rings. The summed E-state index contributed by atoms with van der Waals surface area (Å²) in [7, 11) is 0. The zero-order valence-corrected chi connectivity index (χ0v) is 16.9. The van der Waals surface area contributed by atoms with E-state index in [1.807, 2.05) is 18.3 Å². The molecule has 0 aliphatic heterocycles. The molecule has 4 heteroatoms. The van der Waals surface area contributed by atoms with Gasteiger partial charge in [-0.25, -0.2) is 0 Å². The number of anilines is 1. The van der Waals surface area contributed by atoms with Crippen molar-refractivity contribution >= 4 is 34.1 Å². The number of amides is 1. The van der Waals surface area contributed by atoms with Gasteiger partial charge in [0.05, 0.1) is 5.52 Å². The van der Waals surface area contributed by atoms with Gasteiger partial charge < -0.3 is 5.32 Å². The summed E-state index contributed by atoms with van der Waals surface area (Å²) in [5, 5.41) is 4.94. The molecule has 3 nitrogen and oxygen atoms in total. The lowest BCUT2D eigenvalue weighted by Gasteiger charge is -2.29. The number of nitrogens with one attached hydrogen (secondary N) is 1. The van der Waals surface area contributed by atoms with E-state index in [0.717, 1.165) is 36.9 Å². The number of nitrogens with zero attached hydrogens (tertiary/aromatic N) is 1. The van der Waals surface area contributed by atoms with Gasteiger partial charge in [0.15, 0.2) is 0 Å². The molecule has 1 heterocycles. The molecule has 0 atom stereocenters. The Labute approximate surface area is 171 Å². The fraction of sp³-hybridized carbons (Fsp3) is 0.333. The Bertz CT molecular complexity index is 976. The first-order chi connectivity index (χ1) is 13.6. The van der Waals surface area contributed by atoms with E-state index in [1.54, 1.807) is 12.1 Å². The summed E-state index contributed by atoms with van der Waals surface area (Å²) >= 11 is 5.90. The fourth-order valence-electron chi connectivity index (χ4n) is 4.39. The minimum absolute atomic E-state index is 0.0933. The zero-order valence-electron chi connectivity index (χ0n) is 16.1. The Kier molecular flexibility index (Phi) is 5.63. The predicted octanol–water partition coefficient (Wildman–Crippen LogP) is 6.50. The molecule has 0 spiro atoms. The Balaban J connectivity index is 1.37. The van der Waals surface area contributed by atoms with Gasteiger partial charge in [-0.2, -0.15) is 0 Å². The lowest BCUT2D eigenvalue weighted by Crippen LogP contribution is -2.20. The number of rotatable bonds is 4. The quantitative estimate of drug-likeness (QED) is 0.550. The Hall–Kier alpha value is -2.39. The number of aromatic nitrogens is 1. The second-order valence-electron chi connectivity index (χ2n) is 7.85. The van der Waals surface area contributed by atoms with Crippen LogP contribution in [0.25, 0.3) is 10.9 Å². The summed E-state index contributed by atoms with van der Waals surface area (Å²) in [5.41, 5.74) is 4.57. The number of pyridine rings is 1. The predicted molar refractivity (Wildman–Crippen MR) is 116 cm³/mol. The number of aryl methyl sites for hydroxylation is 1. The molecule has 0 radical (unpaired) electrons. The van der Waals surface area contributed by atoms with E-state index >= 15 is 0 Å². The van der Waals surface area contributed by atoms with Crippen LogP contribution in [0.15, 0.2) is 54.7 Å². The lowest BCUT2D eigenvalue weighted by atomic mass is 9.76. The molecular formula is C24H25ClN2O. The van der Waals surface area contributed by atoms with Crippen molar-refractivity contribution in [2.45, 2.75) is 44.9 Å². The molecular weight excluding hydrogens is 368 g/mol. The van der Waals surface area contributed by atoms with Crippen LogP contribution in [0.5, 0.6) is 0 Å². The summed E-state index contributed by atoms with van der Waals surface area (Å²) in [5.74, 6) is 1.11. The molecule has 0 unspecified atom stereocenters. The molecule has 1 aliphatic carbocycles. The van der Waals surface area contributed by atoms with Gasteiger partial charge in [0, 0.05) is 28.7 Å². The number of halogens is 1. The smallest absolute Gasteiger partial charge is 0.224 e. The summed E-state index contributed by atoms with van der Waals surface area (Å²) in [6.07, 6.45) is 6.97. The molecule has 1 N–H and O–H groups in total. The molecule has 2 aromatic carbocycles. The molecule has 1 aliphatic rings. The highest BCUT2D eigenvalue weighted by Gasteiger charge is 2.25. The molecule has 144 valence electrons. The van der Waals surface area contributed by atoms with Gasteiger partial charge in [-0.15, -0.1) is 0 Å². The maximum atomic E-state index is 12.4. The van der Waals surface area contributed by atoms with Gasteiger partial charge in [0.1, 0.15) is 0 Å². The van der Waals surface area contributed by atoms with Gasteiger partial charge in [-0.1, -0.05) is 29.8 Å². The van der Waals surface area contributed by atoms with Crippen molar-refractivity contribution < 1.29 is 4.79 Å². The monoisotopic (exact) mass is 392 g/mol. The summed E-state index contributed by atoms with van der Waals surface area (Å²) in [4.78, 5) is 17.0. The standard InChI is InChI=1S/C24H25ClN2O/c1-16-3-2-4-22-21(13-14-26-24(16)22)18-7-5-17(6-8-18)15-23(28)27-20-11-9-19(25)10-12-20/h2-4,9-14,17-18H,5-8,15H2,1H3,(H,27,28)/t17-,18+. The highest BCUT2D eigenvalue weighted by molar-refractivity contribution is 6.30. The second kappa shape index (κ2) is 8.32. The van der Waals surface area contributed by atoms with Crippen LogP contribution in [0.3, 0.4) is 0 Å². The van der Waals surface area contributed by atoms with Gasteiger partial charge in [0.2, 0.25) is 5.91 Å². The van der Waals surface area contributed by atoms with E-state index < -0.39 is 0 Å². The summed E-state index contributed by atoms with van der Waals surface area (Å²) in [6.45, 7) is 2.12.